The van der Waals surface area contributed by atoms with Crippen LogP contribution in [0.3, 0.4) is 0 Å². The van der Waals surface area contributed by atoms with Gasteiger partial charge in [-0.25, -0.2) is 0 Å². The van der Waals surface area contributed by atoms with Crippen molar-refractivity contribution in [2.75, 3.05) is 11.9 Å². The molecule has 110 valence electrons. The molecule has 0 unspecified atom stereocenters. The third kappa shape index (κ3) is 4.18. The summed E-state index contributed by atoms with van der Waals surface area (Å²) in [5.74, 6) is 0.273. The van der Waals surface area contributed by atoms with Gasteiger partial charge in [-0.1, -0.05) is 11.6 Å². The maximum Gasteiger partial charge on any atom is 0.262 e. The number of amides is 1. The van der Waals surface area contributed by atoms with Crippen LogP contribution in [0.2, 0.25) is 5.02 Å². The maximum atomic E-state index is 11.9. The van der Waals surface area contributed by atoms with Gasteiger partial charge in [0, 0.05) is 16.8 Å². The molecule has 1 heterocycles. The van der Waals surface area contributed by atoms with Crippen molar-refractivity contribution >= 4 is 23.2 Å². The fraction of sp³-hybridized carbons (Fsp3) is 0.200. The molecule has 1 aromatic heterocycles. The molecule has 21 heavy (non-hydrogen) atoms. The Balaban J connectivity index is 1.96. The van der Waals surface area contributed by atoms with Gasteiger partial charge in [0.2, 0.25) is 0 Å². The molecule has 0 saturated carbocycles. The number of aliphatic hydroxyl groups excluding tert-OH is 1. The zero-order valence-corrected chi connectivity index (χ0v) is 12.2. The van der Waals surface area contributed by atoms with Gasteiger partial charge in [0.25, 0.3) is 5.91 Å². The summed E-state index contributed by atoms with van der Waals surface area (Å²) in [6.45, 7) is 1.54. The minimum atomic E-state index is -0.327. The number of halogens is 1. The number of aromatic nitrogens is 1. The Kier molecular flexibility index (Phi) is 5.14. The number of nitrogens with zero attached hydrogens (tertiary/aromatic N) is 1. The molecule has 6 heteroatoms. The molecule has 0 aliphatic rings. The molecule has 0 bridgehead atoms. The van der Waals surface area contributed by atoms with Crippen LogP contribution in [0.1, 0.15) is 11.1 Å². The summed E-state index contributed by atoms with van der Waals surface area (Å²) < 4.78 is 5.45. The zero-order valence-electron chi connectivity index (χ0n) is 11.5. The molecule has 0 radical (unpaired) electrons. The Labute approximate surface area is 127 Å². The van der Waals surface area contributed by atoms with Crippen LogP contribution in [0.15, 0.2) is 36.7 Å². The minimum absolute atomic E-state index is 0.137. The number of hydrogen-bond donors (Lipinski definition) is 2. The molecule has 0 spiro atoms. The van der Waals surface area contributed by atoms with Crippen LogP contribution in [0.25, 0.3) is 0 Å². The SMILES string of the molecule is Cc1cc(Cl)ccc1OCC(=O)Nc1cnccc1CO. The normalized spacial score (nSPS) is 10.2. The number of anilines is 1. The number of carbonyl (C=O) groups is 1. The van der Waals surface area contributed by atoms with Crippen LogP contribution in [-0.2, 0) is 11.4 Å². The molecule has 0 saturated heterocycles. The number of pyridine rings is 1. The average Bonchev–Trinajstić information content (AvgIpc) is 2.47. The van der Waals surface area contributed by atoms with E-state index in [1.54, 1.807) is 30.5 Å². The molecule has 0 aliphatic heterocycles. The van der Waals surface area contributed by atoms with Crippen LogP contribution in [0, 0.1) is 6.92 Å². The van der Waals surface area contributed by atoms with Gasteiger partial charge in [-0.3, -0.25) is 9.78 Å². The molecule has 0 atom stereocenters. The first-order chi connectivity index (χ1) is 10.1. The summed E-state index contributed by atoms with van der Waals surface area (Å²) in [5, 5.41) is 12.4. The number of aryl methyl sites for hydroxylation is 1. The predicted molar refractivity (Wildman–Crippen MR) is 80.5 cm³/mol. The Hall–Kier alpha value is -2.11. The molecule has 5 nitrogen and oxygen atoms in total. The lowest BCUT2D eigenvalue weighted by Crippen LogP contribution is -2.21. The zero-order chi connectivity index (χ0) is 15.2. The van der Waals surface area contributed by atoms with Gasteiger partial charge in [0.1, 0.15) is 5.75 Å². The van der Waals surface area contributed by atoms with E-state index in [4.69, 9.17) is 16.3 Å². The highest BCUT2D eigenvalue weighted by molar-refractivity contribution is 6.30. The quantitative estimate of drug-likeness (QED) is 0.890. The lowest BCUT2D eigenvalue weighted by molar-refractivity contribution is -0.118. The van der Waals surface area contributed by atoms with Crippen molar-refractivity contribution < 1.29 is 14.6 Å². The smallest absolute Gasteiger partial charge is 0.262 e. The summed E-state index contributed by atoms with van der Waals surface area (Å²) in [6, 6.07) is 6.82. The highest BCUT2D eigenvalue weighted by atomic mass is 35.5. The first-order valence-electron chi connectivity index (χ1n) is 6.32. The molecule has 2 aromatic rings. The fourth-order valence-corrected chi connectivity index (χ4v) is 2.00. The standard InChI is InChI=1S/C15H15ClN2O3/c1-10-6-12(16)2-3-14(10)21-9-15(20)18-13-7-17-5-4-11(13)8-19/h2-7,19H,8-9H2,1H3,(H,18,20). The molecule has 0 fully saturated rings. The van der Waals surface area contributed by atoms with Crippen LogP contribution < -0.4 is 10.1 Å². The summed E-state index contributed by atoms with van der Waals surface area (Å²) in [4.78, 5) is 15.8. The number of nitrogens with one attached hydrogen (secondary N) is 1. The molecule has 0 aliphatic carbocycles. The molecule has 1 amide bonds. The maximum absolute atomic E-state index is 11.9. The summed E-state index contributed by atoms with van der Waals surface area (Å²) in [5.41, 5.74) is 1.93. The highest BCUT2D eigenvalue weighted by Crippen LogP contribution is 2.21. The van der Waals surface area contributed by atoms with E-state index in [9.17, 15) is 9.90 Å². The average molecular weight is 307 g/mol. The first-order valence-corrected chi connectivity index (χ1v) is 6.70. The van der Waals surface area contributed by atoms with Crippen molar-refractivity contribution in [1.29, 1.82) is 0 Å². The topological polar surface area (TPSA) is 71.5 Å². The second-order valence-corrected chi connectivity index (χ2v) is 4.87. The van der Waals surface area contributed by atoms with Crippen molar-refractivity contribution in [1.82, 2.24) is 4.98 Å². The summed E-state index contributed by atoms with van der Waals surface area (Å²) in [6.07, 6.45) is 3.03. The van der Waals surface area contributed by atoms with E-state index < -0.39 is 0 Å². The van der Waals surface area contributed by atoms with E-state index in [0.717, 1.165) is 5.56 Å². The van der Waals surface area contributed by atoms with E-state index in [1.807, 2.05) is 6.92 Å². The van der Waals surface area contributed by atoms with E-state index in [2.05, 4.69) is 10.3 Å². The number of aliphatic hydroxyl groups is 1. The number of benzene rings is 1. The third-order valence-corrected chi connectivity index (χ3v) is 3.09. The largest absolute Gasteiger partial charge is 0.483 e. The van der Waals surface area contributed by atoms with Gasteiger partial charge in [-0.15, -0.1) is 0 Å². The monoisotopic (exact) mass is 306 g/mol. The van der Waals surface area contributed by atoms with E-state index >= 15 is 0 Å². The number of carbonyl (C=O) groups excluding carboxylic acids is 1. The molecule has 2 rings (SSSR count). The van der Waals surface area contributed by atoms with Gasteiger partial charge in [-0.2, -0.15) is 0 Å². The van der Waals surface area contributed by atoms with Gasteiger partial charge in [-0.05, 0) is 36.8 Å². The number of ether oxygens (including phenoxy) is 1. The third-order valence-electron chi connectivity index (χ3n) is 2.85. The van der Waals surface area contributed by atoms with Crippen LogP contribution in [0.4, 0.5) is 5.69 Å². The van der Waals surface area contributed by atoms with Crippen molar-refractivity contribution in [3.8, 4) is 5.75 Å². The lowest BCUT2D eigenvalue weighted by atomic mass is 10.2. The summed E-state index contributed by atoms with van der Waals surface area (Å²) >= 11 is 5.85. The van der Waals surface area contributed by atoms with Gasteiger partial charge >= 0.3 is 0 Å². The molecule has 2 N–H and O–H groups in total. The Morgan fingerprint density at radius 3 is 2.95 bits per heavy atom. The number of hydrogen-bond acceptors (Lipinski definition) is 4. The molecular formula is C15H15ClN2O3. The van der Waals surface area contributed by atoms with Crippen molar-refractivity contribution in [2.24, 2.45) is 0 Å². The Bertz CT molecular complexity index is 647. The van der Waals surface area contributed by atoms with Crippen LogP contribution in [-0.4, -0.2) is 22.6 Å². The van der Waals surface area contributed by atoms with Crippen molar-refractivity contribution in [3.05, 3.63) is 52.8 Å². The van der Waals surface area contributed by atoms with E-state index in [0.29, 0.717) is 22.0 Å². The van der Waals surface area contributed by atoms with Crippen molar-refractivity contribution in [3.63, 3.8) is 0 Å². The van der Waals surface area contributed by atoms with Gasteiger partial charge in [0.05, 0.1) is 18.5 Å². The lowest BCUT2D eigenvalue weighted by Gasteiger charge is -2.11. The van der Waals surface area contributed by atoms with Gasteiger partial charge in [0.15, 0.2) is 6.61 Å². The Morgan fingerprint density at radius 2 is 2.24 bits per heavy atom. The minimum Gasteiger partial charge on any atom is -0.483 e. The second kappa shape index (κ2) is 7.06. The highest BCUT2D eigenvalue weighted by Gasteiger charge is 2.08. The summed E-state index contributed by atoms with van der Waals surface area (Å²) in [7, 11) is 0. The first kappa shape index (κ1) is 15.3. The van der Waals surface area contributed by atoms with Crippen LogP contribution in [0.5, 0.6) is 5.75 Å². The van der Waals surface area contributed by atoms with E-state index in [-0.39, 0.29) is 19.1 Å². The number of rotatable bonds is 5. The second-order valence-electron chi connectivity index (χ2n) is 4.44. The molecular weight excluding hydrogens is 292 g/mol. The fourth-order valence-electron chi connectivity index (χ4n) is 1.78. The Morgan fingerprint density at radius 1 is 1.43 bits per heavy atom. The van der Waals surface area contributed by atoms with Crippen LogP contribution >= 0.6 is 11.6 Å². The predicted octanol–water partition coefficient (Wildman–Crippen LogP) is 2.55. The van der Waals surface area contributed by atoms with Gasteiger partial charge < -0.3 is 15.2 Å². The van der Waals surface area contributed by atoms with Crippen molar-refractivity contribution in [2.45, 2.75) is 13.5 Å². The molecule has 1 aromatic carbocycles. The van der Waals surface area contributed by atoms with E-state index in [1.165, 1.54) is 6.20 Å².